The van der Waals surface area contributed by atoms with Crippen LogP contribution in [0.25, 0.3) is 22.3 Å². The van der Waals surface area contributed by atoms with Gasteiger partial charge in [-0.3, -0.25) is 0 Å². The van der Waals surface area contributed by atoms with Crippen molar-refractivity contribution in [2.45, 2.75) is 0 Å². The molecule has 0 fully saturated rings. The Balaban J connectivity index is 1.75. The number of benzene rings is 5. The van der Waals surface area contributed by atoms with Gasteiger partial charge in [-0.05, 0) is 0 Å². The average molecular weight is 468 g/mol. The summed E-state index contributed by atoms with van der Waals surface area (Å²) in [5, 5.41) is 0. The standard InChI is InChI=1S/C30H21GeN/c1-2-12-22(13-3-1)31-27-18-8-4-14-23(27)25-16-6-10-20-29(25)32(31)30-21-11-7-17-26(30)24-15-5-9-19-28(24)31/h1-21H. The zero-order valence-electron chi connectivity index (χ0n) is 17.6. The molecule has 150 valence electrons. The van der Waals surface area contributed by atoms with Gasteiger partial charge in [-0.15, -0.1) is 0 Å². The van der Waals surface area contributed by atoms with Gasteiger partial charge in [0.25, 0.3) is 0 Å². The molecule has 0 N–H and O–H groups in total. The Morgan fingerprint density at radius 1 is 0.375 bits per heavy atom. The summed E-state index contributed by atoms with van der Waals surface area (Å²) in [6.45, 7) is 0. The molecular weight excluding hydrogens is 447 g/mol. The van der Waals surface area contributed by atoms with Crippen molar-refractivity contribution >= 4 is 38.1 Å². The second-order valence-corrected chi connectivity index (χ2v) is 15.9. The third-order valence-electron chi connectivity index (χ3n) is 7.03. The second kappa shape index (κ2) is 6.72. The van der Waals surface area contributed by atoms with E-state index in [0.29, 0.717) is 0 Å². The third kappa shape index (κ3) is 2.19. The van der Waals surface area contributed by atoms with Gasteiger partial charge in [0.1, 0.15) is 0 Å². The van der Waals surface area contributed by atoms with Crippen LogP contribution in [0.5, 0.6) is 0 Å². The first-order valence-electron chi connectivity index (χ1n) is 11.1. The summed E-state index contributed by atoms with van der Waals surface area (Å²) in [6, 6.07) is 47.5. The summed E-state index contributed by atoms with van der Waals surface area (Å²) >= 11 is -3.33. The molecule has 2 aliphatic heterocycles. The van der Waals surface area contributed by atoms with E-state index in [0.717, 1.165) is 0 Å². The summed E-state index contributed by atoms with van der Waals surface area (Å²) in [6.07, 6.45) is 0. The molecule has 0 radical (unpaired) electrons. The van der Waals surface area contributed by atoms with Crippen LogP contribution in [0.3, 0.4) is 0 Å². The van der Waals surface area contributed by atoms with E-state index >= 15 is 0 Å². The van der Waals surface area contributed by atoms with Crippen molar-refractivity contribution < 1.29 is 0 Å². The first-order chi connectivity index (χ1) is 15.9. The topological polar surface area (TPSA) is 3.24 Å². The molecule has 0 spiro atoms. The van der Waals surface area contributed by atoms with Crippen molar-refractivity contribution in [3.63, 3.8) is 0 Å². The monoisotopic (exact) mass is 469 g/mol. The number of hydrogen-bond donors (Lipinski definition) is 0. The Hall–Kier alpha value is -3.56. The Kier molecular flexibility index (Phi) is 3.79. The number of anilines is 2. The molecule has 0 amide bonds. The molecule has 1 nitrogen and oxygen atoms in total. The molecule has 0 unspecified atom stereocenters. The molecule has 2 heteroatoms. The van der Waals surface area contributed by atoms with Crippen LogP contribution in [0, 0.1) is 0 Å². The molecule has 2 heterocycles. The fraction of sp³-hybridized carbons (Fsp3) is 0. The predicted octanol–water partition coefficient (Wildman–Crippen LogP) is 5.45. The Bertz CT molecular complexity index is 1400. The van der Waals surface area contributed by atoms with Crippen molar-refractivity contribution in [3.05, 3.63) is 127 Å². The van der Waals surface area contributed by atoms with Gasteiger partial charge < -0.3 is 0 Å². The van der Waals surface area contributed by atoms with E-state index in [9.17, 15) is 0 Å². The van der Waals surface area contributed by atoms with Gasteiger partial charge in [0.15, 0.2) is 0 Å². The summed E-state index contributed by atoms with van der Waals surface area (Å²) in [5.41, 5.74) is 8.09. The molecule has 32 heavy (non-hydrogen) atoms. The molecule has 5 aromatic carbocycles. The molecule has 0 bridgehead atoms. The quantitative estimate of drug-likeness (QED) is 0.296. The number of rotatable bonds is 1. The number of fused-ring (bicyclic) bond motifs is 11. The molecule has 2 aliphatic rings. The number of nitrogens with zero attached hydrogens (tertiary/aromatic N) is 1. The Labute approximate surface area is 191 Å². The van der Waals surface area contributed by atoms with Crippen molar-refractivity contribution in [1.29, 1.82) is 0 Å². The zero-order valence-corrected chi connectivity index (χ0v) is 19.7. The van der Waals surface area contributed by atoms with Crippen molar-refractivity contribution in [1.82, 2.24) is 0 Å². The van der Waals surface area contributed by atoms with Crippen LogP contribution in [-0.4, -0.2) is 13.5 Å². The summed E-state index contributed by atoms with van der Waals surface area (Å²) < 4.78 is 7.26. The summed E-state index contributed by atoms with van der Waals surface area (Å²) in [4.78, 5) is 0. The summed E-state index contributed by atoms with van der Waals surface area (Å²) in [5.74, 6) is 0. The van der Waals surface area contributed by atoms with E-state index in [-0.39, 0.29) is 0 Å². The Morgan fingerprint density at radius 2 is 0.781 bits per heavy atom. The Morgan fingerprint density at radius 3 is 1.31 bits per heavy atom. The van der Waals surface area contributed by atoms with E-state index in [1.165, 1.54) is 46.8 Å². The van der Waals surface area contributed by atoms with Crippen LogP contribution in [-0.2, 0) is 0 Å². The van der Waals surface area contributed by atoms with E-state index in [2.05, 4.69) is 131 Å². The molecule has 5 aromatic rings. The molecule has 0 saturated heterocycles. The minimum atomic E-state index is -3.33. The van der Waals surface area contributed by atoms with E-state index in [1.807, 2.05) is 0 Å². The fourth-order valence-corrected chi connectivity index (χ4v) is 17.0. The maximum atomic E-state index is 2.77. The maximum absolute atomic E-state index is 3.33. The van der Waals surface area contributed by atoms with E-state index < -0.39 is 13.5 Å². The van der Waals surface area contributed by atoms with E-state index in [1.54, 1.807) is 0 Å². The van der Waals surface area contributed by atoms with Crippen LogP contribution in [0.2, 0.25) is 0 Å². The normalized spacial score (nSPS) is 14.4. The van der Waals surface area contributed by atoms with Gasteiger partial charge in [0.05, 0.1) is 0 Å². The minimum absolute atomic E-state index is 1.33. The van der Waals surface area contributed by atoms with Crippen LogP contribution in [0.15, 0.2) is 127 Å². The second-order valence-electron chi connectivity index (χ2n) is 8.54. The van der Waals surface area contributed by atoms with Gasteiger partial charge in [0, 0.05) is 0 Å². The number of para-hydroxylation sites is 2. The van der Waals surface area contributed by atoms with Gasteiger partial charge in [-0.25, -0.2) is 0 Å². The molecule has 7 rings (SSSR count). The van der Waals surface area contributed by atoms with Crippen LogP contribution in [0.1, 0.15) is 0 Å². The SMILES string of the molecule is c1cc[c]([Ge]23[c]4ccccc4-c4ccccc4[N]2c2ccccc2-c2cccc[c]23)cc1. The predicted molar refractivity (Wildman–Crippen MR) is 137 cm³/mol. The van der Waals surface area contributed by atoms with Crippen LogP contribution >= 0.6 is 0 Å². The van der Waals surface area contributed by atoms with Gasteiger partial charge in [-0.2, -0.15) is 0 Å². The van der Waals surface area contributed by atoms with Gasteiger partial charge in [-0.1, -0.05) is 0 Å². The van der Waals surface area contributed by atoms with Crippen molar-refractivity contribution in [2.75, 3.05) is 3.86 Å². The number of hydrogen-bond acceptors (Lipinski definition) is 1. The van der Waals surface area contributed by atoms with Gasteiger partial charge >= 0.3 is 192 Å². The summed E-state index contributed by atoms with van der Waals surface area (Å²) in [7, 11) is 0. The van der Waals surface area contributed by atoms with Crippen LogP contribution in [0.4, 0.5) is 11.4 Å². The first kappa shape index (κ1) is 18.1. The molecule has 0 atom stereocenters. The van der Waals surface area contributed by atoms with E-state index in [4.69, 9.17) is 0 Å². The fourth-order valence-electron chi connectivity index (χ4n) is 5.86. The van der Waals surface area contributed by atoms with Crippen LogP contribution < -0.4 is 17.0 Å². The van der Waals surface area contributed by atoms with Crippen molar-refractivity contribution in [2.24, 2.45) is 0 Å². The molecular formula is C30H21GeN. The third-order valence-corrected chi connectivity index (χ3v) is 17.0. The molecule has 0 aromatic heterocycles. The first-order valence-corrected chi connectivity index (χ1v) is 15.2. The average Bonchev–Trinajstić information content (AvgIpc) is 2.89. The molecule has 0 saturated carbocycles. The van der Waals surface area contributed by atoms with Crippen molar-refractivity contribution in [3.8, 4) is 22.3 Å². The molecule has 0 aliphatic carbocycles. The zero-order chi connectivity index (χ0) is 21.1. The van der Waals surface area contributed by atoms with Gasteiger partial charge in [0.2, 0.25) is 0 Å².